The molecule has 0 spiro atoms. The number of nitrogens with one attached hydrogen (secondary N) is 2. The highest BCUT2D eigenvalue weighted by Crippen LogP contribution is 2.29. The Kier molecular flexibility index (Phi) is 5.76. The van der Waals surface area contributed by atoms with Crippen molar-refractivity contribution in [3.05, 3.63) is 57.8 Å². The molecule has 1 aliphatic heterocycles. The number of carbonyl (C=O) groups excluding carboxylic acids is 1. The van der Waals surface area contributed by atoms with E-state index in [1.165, 1.54) is 27.6 Å². The lowest BCUT2D eigenvalue weighted by molar-refractivity contribution is 0.0946. The minimum atomic E-state index is -3.43. The first-order valence-corrected chi connectivity index (χ1v) is 12.2. The Labute approximate surface area is 175 Å². The SMILES string of the molecule is C=C(NNC(=O)c1cc2c(s1)CCCC2)c1ccc(S(=O)(=O)N2CCCC2)cc1. The van der Waals surface area contributed by atoms with E-state index in [2.05, 4.69) is 17.4 Å². The predicted molar refractivity (Wildman–Crippen MR) is 115 cm³/mol. The second-order valence-corrected chi connectivity index (χ2v) is 10.5. The van der Waals surface area contributed by atoms with Gasteiger partial charge in [-0.15, -0.1) is 11.3 Å². The van der Waals surface area contributed by atoms with Gasteiger partial charge in [-0.25, -0.2) is 8.42 Å². The van der Waals surface area contributed by atoms with Gasteiger partial charge < -0.3 is 0 Å². The zero-order chi connectivity index (χ0) is 20.4. The molecule has 6 nitrogen and oxygen atoms in total. The fourth-order valence-corrected chi connectivity index (χ4v) is 6.44. The molecule has 1 fully saturated rings. The van der Waals surface area contributed by atoms with Crippen LogP contribution in [0.2, 0.25) is 0 Å². The van der Waals surface area contributed by atoms with Gasteiger partial charge in [-0.1, -0.05) is 18.7 Å². The van der Waals surface area contributed by atoms with Gasteiger partial charge in [-0.05, 0) is 67.9 Å². The predicted octanol–water partition coefficient (Wildman–Crippen LogP) is 3.32. The van der Waals surface area contributed by atoms with Gasteiger partial charge in [0.25, 0.3) is 5.91 Å². The maximum Gasteiger partial charge on any atom is 0.279 e. The average Bonchev–Trinajstić information content (AvgIpc) is 3.42. The van der Waals surface area contributed by atoms with Gasteiger partial charge in [-0.3, -0.25) is 15.6 Å². The van der Waals surface area contributed by atoms with E-state index in [-0.39, 0.29) is 10.8 Å². The Balaban J connectivity index is 1.37. The summed E-state index contributed by atoms with van der Waals surface area (Å²) in [6, 6.07) is 8.56. The molecule has 2 heterocycles. The Morgan fingerprint density at radius 1 is 1.00 bits per heavy atom. The number of hydrazine groups is 1. The van der Waals surface area contributed by atoms with Crippen LogP contribution >= 0.6 is 11.3 Å². The number of fused-ring (bicyclic) bond motifs is 1. The van der Waals surface area contributed by atoms with Crippen molar-refractivity contribution in [2.45, 2.75) is 43.4 Å². The first-order chi connectivity index (χ1) is 13.9. The number of thiophene rings is 1. The molecule has 1 amide bonds. The van der Waals surface area contributed by atoms with E-state index in [1.807, 2.05) is 6.07 Å². The topological polar surface area (TPSA) is 78.5 Å². The standard InChI is InChI=1S/C21H25N3O3S2/c1-15(22-23-21(25)20-14-17-6-2-3-7-19(17)28-20)16-8-10-18(11-9-16)29(26,27)24-12-4-5-13-24/h8-11,14,22H,1-7,12-13H2,(H,23,25). The van der Waals surface area contributed by atoms with Crippen molar-refractivity contribution in [3.8, 4) is 0 Å². The van der Waals surface area contributed by atoms with Crippen LogP contribution in [0, 0.1) is 0 Å². The molecule has 1 aromatic heterocycles. The van der Waals surface area contributed by atoms with Crippen molar-refractivity contribution in [3.63, 3.8) is 0 Å². The molecule has 8 heteroatoms. The van der Waals surface area contributed by atoms with Crippen LogP contribution in [0.15, 0.2) is 41.8 Å². The molecule has 1 saturated heterocycles. The smallest absolute Gasteiger partial charge is 0.279 e. The molecule has 0 atom stereocenters. The summed E-state index contributed by atoms with van der Waals surface area (Å²) >= 11 is 1.55. The van der Waals surface area contributed by atoms with Gasteiger partial charge in [0.05, 0.1) is 15.5 Å². The van der Waals surface area contributed by atoms with Gasteiger partial charge >= 0.3 is 0 Å². The minimum absolute atomic E-state index is 0.182. The van der Waals surface area contributed by atoms with Gasteiger partial charge in [0, 0.05) is 18.0 Å². The molecule has 1 aromatic carbocycles. The van der Waals surface area contributed by atoms with Gasteiger partial charge in [-0.2, -0.15) is 4.31 Å². The first-order valence-electron chi connectivity index (χ1n) is 9.92. The maximum atomic E-state index is 12.6. The highest BCUT2D eigenvalue weighted by atomic mass is 32.2. The molecule has 2 N–H and O–H groups in total. The van der Waals surface area contributed by atoms with Gasteiger partial charge in [0.1, 0.15) is 0 Å². The molecular weight excluding hydrogens is 406 g/mol. The fraction of sp³-hybridized carbons (Fsp3) is 0.381. The van der Waals surface area contributed by atoms with E-state index in [9.17, 15) is 13.2 Å². The van der Waals surface area contributed by atoms with Crippen LogP contribution in [0.1, 0.15) is 51.4 Å². The molecule has 0 bridgehead atoms. The average molecular weight is 432 g/mol. The van der Waals surface area contributed by atoms with Crippen LogP contribution < -0.4 is 10.9 Å². The van der Waals surface area contributed by atoms with Crippen LogP contribution in [0.25, 0.3) is 5.70 Å². The Morgan fingerprint density at radius 3 is 2.38 bits per heavy atom. The van der Waals surface area contributed by atoms with Crippen molar-refractivity contribution < 1.29 is 13.2 Å². The summed E-state index contributed by atoms with van der Waals surface area (Å²) in [6.07, 6.45) is 6.29. The lowest BCUT2D eigenvalue weighted by Crippen LogP contribution is -2.35. The number of rotatable bonds is 6. The van der Waals surface area contributed by atoms with E-state index in [0.29, 0.717) is 23.7 Å². The second kappa shape index (κ2) is 8.30. The lowest BCUT2D eigenvalue weighted by atomic mass is 9.99. The summed E-state index contributed by atoms with van der Waals surface area (Å²) in [5.74, 6) is -0.182. The van der Waals surface area contributed by atoms with E-state index >= 15 is 0 Å². The summed E-state index contributed by atoms with van der Waals surface area (Å²) in [5.41, 5.74) is 8.05. The zero-order valence-electron chi connectivity index (χ0n) is 16.2. The lowest BCUT2D eigenvalue weighted by Gasteiger charge is -2.16. The zero-order valence-corrected chi connectivity index (χ0v) is 17.9. The maximum absolute atomic E-state index is 12.6. The largest absolute Gasteiger partial charge is 0.298 e. The third kappa shape index (κ3) is 4.24. The highest BCUT2D eigenvalue weighted by Gasteiger charge is 2.27. The first kappa shape index (κ1) is 20.1. The van der Waals surface area contributed by atoms with Crippen molar-refractivity contribution in [2.75, 3.05) is 13.1 Å². The third-order valence-electron chi connectivity index (χ3n) is 5.45. The molecule has 2 aromatic rings. The molecule has 1 aliphatic carbocycles. The van der Waals surface area contributed by atoms with Crippen LogP contribution in [0.5, 0.6) is 0 Å². The van der Waals surface area contributed by atoms with Crippen molar-refractivity contribution in [1.82, 2.24) is 15.2 Å². The van der Waals surface area contributed by atoms with E-state index < -0.39 is 10.0 Å². The summed E-state index contributed by atoms with van der Waals surface area (Å²) in [6.45, 7) is 5.10. The summed E-state index contributed by atoms with van der Waals surface area (Å²) < 4.78 is 26.7. The molecule has 0 saturated carbocycles. The fourth-order valence-electron chi connectivity index (χ4n) is 3.77. The van der Waals surface area contributed by atoms with Gasteiger partial charge in [0.2, 0.25) is 10.0 Å². The molecular formula is C21H25N3O3S2. The number of sulfonamides is 1. The van der Waals surface area contributed by atoms with E-state index in [4.69, 9.17) is 0 Å². The molecule has 0 unspecified atom stereocenters. The number of hydrogen-bond donors (Lipinski definition) is 2. The number of nitrogens with zero attached hydrogens (tertiary/aromatic N) is 1. The van der Waals surface area contributed by atoms with E-state index in [1.54, 1.807) is 35.6 Å². The van der Waals surface area contributed by atoms with E-state index in [0.717, 1.165) is 31.2 Å². The van der Waals surface area contributed by atoms with Crippen LogP contribution in [-0.4, -0.2) is 31.7 Å². The quantitative estimate of drug-likeness (QED) is 0.688. The molecule has 2 aliphatic rings. The number of aryl methyl sites for hydroxylation is 2. The second-order valence-electron chi connectivity index (χ2n) is 7.46. The van der Waals surface area contributed by atoms with Crippen molar-refractivity contribution in [1.29, 1.82) is 0 Å². The Morgan fingerprint density at radius 2 is 1.69 bits per heavy atom. The minimum Gasteiger partial charge on any atom is -0.298 e. The highest BCUT2D eigenvalue weighted by molar-refractivity contribution is 7.89. The van der Waals surface area contributed by atoms with Crippen LogP contribution in [0.4, 0.5) is 0 Å². The van der Waals surface area contributed by atoms with Crippen molar-refractivity contribution in [2.24, 2.45) is 0 Å². The summed E-state index contributed by atoms with van der Waals surface area (Å²) in [7, 11) is -3.43. The monoisotopic (exact) mass is 431 g/mol. The summed E-state index contributed by atoms with van der Waals surface area (Å²) in [5, 5.41) is 0. The normalized spacial score (nSPS) is 17.0. The summed E-state index contributed by atoms with van der Waals surface area (Å²) in [4.78, 5) is 14.7. The molecule has 154 valence electrons. The van der Waals surface area contributed by atoms with Crippen LogP contribution in [-0.2, 0) is 22.9 Å². The van der Waals surface area contributed by atoms with Gasteiger partial charge in [0.15, 0.2) is 0 Å². The van der Waals surface area contributed by atoms with Crippen molar-refractivity contribution >= 4 is 33.0 Å². The number of hydrogen-bond acceptors (Lipinski definition) is 5. The van der Waals surface area contributed by atoms with Crippen LogP contribution in [0.3, 0.4) is 0 Å². The molecule has 4 rings (SSSR count). The Hall–Kier alpha value is -2.16. The Bertz CT molecular complexity index is 996. The number of amides is 1. The molecule has 29 heavy (non-hydrogen) atoms. The number of benzene rings is 1. The third-order valence-corrected chi connectivity index (χ3v) is 8.60. The number of carbonyl (C=O) groups is 1. The molecule has 0 radical (unpaired) electrons.